The molecule has 3 aromatic carbocycles. The number of carbonyl (C=O) groups excluding carboxylic acids is 3. The van der Waals surface area contributed by atoms with Gasteiger partial charge in [0.1, 0.15) is 17.9 Å². The Labute approximate surface area is 225 Å². The highest BCUT2D eigenvalue weighted by atomic mass is 127. The topological polar surface area (TPSA) is 94.2 Å². The third-order valence-electron chi connectivity index (χ3n) is 5.29. The zero-order valence-electron chi connectivity index (χ0n) is 19.2. The number of imide groups is 2. The molecule has 0 unspecified atom stereocenters. The van der Waals surface area contributed by atoms with Crippen LogP contribution in [0.4, 0.5) is 10.5 Å². The molecular weight excluding hydrogens is 599 g/mol. The van der Waals surface area contributed by atoms with Gasteiger partial charge in [-0.25, -0.2) is 9.69 Å². The second-order valence-electron chi connectivity index (χ2n) is 7.61. The first-order chi connectivity index (χ1) is 17.3. The second-order valence-corrected chi connectivity index (χ2v) is 9.20. The van der Waals surface area contributed by atoms with Gasteiger partial charge in [-0.2, -0.15) is 0 Å². The van der Waals surface area contributed by atoms with Crippen molar-refractivity contribution in [1.29, 1.82) is 0 Å². The van der Waals surface area contributed by atoms with Crippen molar-refractivity contribution in [3.05, 3.63) is 86.0 Å². The molecular formula is C26H20ClIN2O6. The molecule has 3 aromatic rings. The Morgan fingerprint density at radius 1 is 0.972 bits per heavy atom. The van der Waals surface area contributed by atoms with Crippen molar-refractivity contribution < 1.29 is 28.6 Å². The van der Waals surface area contributed by atoms with Crippen LogP contribution in [0.25, 0.3) is 6.08 Å². The van der Waals surface area contributed by atoms with Gasteiger partial charge in [0.15, 0.2) is 11.5 Å². The smallest absolute Gasteiger partial charge is 0.335 e. The molecule has 1 N–H and O–H groups in total. The lowest BCUT2D eigenvalue weighted by molar-refractivity contribution is -0.122. The van der Waals surface area contributed by atoms with Crippen molar-refractivity contribution in [3.63, 3.8) is 0 Å². The predicted octanol–water partition coefficient (Wildman–Crippen LogP) is 5.21. The maximum atomic E-state index is 13.2. The van der Waals surface area contributed by atoms with E-state index in [9.17, 15) is 14.4 Å². The molecule has 36 heavy (non-hydrogen) atoms. The van der Waals surface area contributed by atoms with E-state index in [0.29, 0.717) is 43.7 Å². The van der Waals surface area contributed by atoms with E-state index in [4.69, 9.17) is 25.8 Å². The summed E-state index contributed by atoms with van der Waals surface area (Å²) >= 11 is 8.03. The van der Waals surface area contributed by atoms with Crippen molar-refractivity contribution in [1.82, 2.24) is 5.32 Å². The largest absolute Gasteiger partial charge is 0.497 e. The van der Waals surface area contributed by atoms with E-state index in [1.807, 2.05) is 12.1 Å². The predicted molar refractivity (Wildman–Crippen MR) is 143 cm³/mol. The number of nitrogens with one attached hydrogen (secondary N) is 1. The molecule has 0 atom stereocenters. The summed E-state index contributed by atoms with van der Waals surface area (Å²) in [5.41, 5.74) is 1.56. The number of methoxy groups -OCH3 is 2. The Balaban J connectivity index is 1.62. The summed E-state index contributed by atoms with van der Waals surface area (Å²) < 4.78 is 17.3. The maximum absolute atomic E-state index is 13.2. The van der Waals surface area contributed by atoms with Gasteiger partial charge in [-0.3, -0.25) is 14.9 Å². The fraction of sp³-hybridized carbons (Fsp3) is 0.115. The molecule has 0 aliphatic carbocycles. The van der Waals surface area contributed by atoms with Crippen molar-refractivity contribution in [2.45, 2.75) is 6.61 Å². The number of amides is 4. The molecule has 1 aliphatic rings. The maximum Gasteiger partial charge on any atom is 0.335 e. The third kappa shape index (κ3) is 5.47. The number of barbiturate groups is 1. The van der Waals surface area contributed by atoms with Crippen molar-refractivity contribution in [2.24, 2.45) is 0 Å². The van der Waals surface area contributed by atoms with Crippen LogP contribution < -0.4 is 24.4 Å². The second kappa shape index (κ2) is 11.0. The molecule has 8 nitrogen and oxygen atoms in total. The molecule has 1 fully saturated rings. The summed E-state index contributed by atoms with van der Waals surface area (Å²) in [5.74, 6) is -0.0209. The normalized spacial score (nSPS) is 14.6. The Hall–Kier alpha value is -3.57. The van der Waals surface area contributed by atoms with E-state index in [1.165, 1.54) is 20.3 Å². The minimum atomic E-state index is -0.828. The Morgan fingerprint density at radius 3 is 2.31 bits per heavy atom. The Morgan fingerprint density at radius 2 is 1.67 bits per heavy atom. The molecule has 0 aromatic heterocycles. The summed E-state index contributed by atoms with van der Waals surface area (Å²) in [4.78, 5) is 39.1. The van der Waals surface area contributed by atoms with Crippen molar-refractivity contribution >= 4 is 63.8 Å². The molecule has 0 radical (unpaired) electrons. The van der Waals surface area contributed by atoms with Gasteiger partial charge in [0.2, 0.25) is 0 Å². The van der Waals surface area contributed by atoms with Crippen LogP contribution in [0.2, 0.25) is 5.02 Å². The number of benzene rings is 3. The molecule has 1 aliphatic heterocycles. The number of halogens is 2. The molecule has 184 valence electrons. The summed E-state index contributed by atoms with van der Waals surface area (Å²) in [7, 11) is 3.01. The lowest BCUT2D eigenvalue weighted by Gasteiger charge is -2.26. The first-order valence-electron chi connectivity index (χ1n) is 10.6. The zero-order chi connectivity index (χ0) is 25.8. The van der Waals surface area contributed by atoms with Crippen LogP contribution >= 0.6 is 34.2 Å². The van der Waals surface area contributed by atoms with Crippen molar-refractivity contribution in [3.8, 4) is 17.2 Å². The summed E-state index contributed by atoms with van der Waals surface area (Å²) in [5, 5.41) is 2.85. The van der Waals surface area contributed by atoms with Crippen LogP contribution in [0.3, 0.4) is 0 Å². The molecule has 10 heteroatoms. The van der Waals surface area contributed by atoms with E-state index in [0.717, 1.165) is 10.5 Å². The number of anilines is 1. The monoisotopic (exact) mass is 618 g/mol. The number of nitrogens with zero attached hydrogens (tertiary/aromatic N) is 1. The summed E-state index contributed by atoms with van der Waals surface area (Å²) in [6, 6.07) is 16.2. The average Bonchev–Trinajstić information content (AvgIpc) is 2.87. The minimum absolute atomic E-state index is 0.196. The first kappa shape index (κ1) is 25.5. The highest BCUT2D eigenvalue weighted by Gasteiger charge is 2.36. The van der Waals surface area contributed by atoms with E-state index < -0.39 is 17.8 Å². The quantitative estimate of drug-likeness (QED) is 0.222. The number of urea groups is 1. The molecule has 4 amide bonds. The third-order valence-corrected chi connectivity index (χ3v) is 6.34. The Kier molecular flexibility index (Phi) is 7.80. The molecule has 0 saturated carbocycles. The molecule has 1 heterocycles. The minimum Gasteiger partial charge on any atom is -0.497 e. The highest BCUT2D eigenvalue weighted by molar-refractivity contribution is 14.1. The number of hydrogen-bond acceptors (Lipinski definition) is 6. The van der Waals surface area contributed by atoms with Gasteiger partial charge in [0.25, 0.3) is 11.8 Å². The van der Waals surface area contributed by atoms with Gasteiger partial charge in [0.05, 0.1) is 23.5 Å². The van der Waals surface area contributed by atoms with Gasteiger partial charge in [-0.1, -0.05) is 23.7 Å². The molecule has 0 spiro atoms. The van der Waals surface area contributed by atoms with Crippen LogP contribution in [-0.4, -0.2) is 32.1 Å². The molecule has 4 rings (SSSR count). The van der Waals surface area contributed by atoms with Gasteiger partial charge in [-0.05, 0) is 88.3 Å². The fourth-order valence-electron chi connectivity index (χ4n) is 3.49. The van der Waals surface area contributed by atoms with Gasteiger partial charge in [-0.15, -0.1) is 0 Å². The van der Waals surface area contributed by atoms with E-state index in [2.05, 4.69) is 27.9 Å². The molecule has 0 bridgehead atoms. The van der Waals surface area contributed by atoms with E-state index in [-0.39, 0.29) is 5.57 Å². The van der Waals surface area contributed by atoms with Crippen LogP contribution in [0.15, 0.2) is 66.2 Å². The average molecular weight is 619 g/mol. The lowest BCUT2D eigenvalue weighted by Crippen LogP contribution is -2.54. The highest BCUT2D eigenvalue weighted by Crippen LogP contribution is 2.35. The van der Waals surface area contributed by atoms with Gasteiger partial charge < -0.3 is 14.2 Å². The van der Waals surface area contributed by atoms with Crippen LogP contribution in [-0.2, 0) is 16.2 Å². The summed E-state index contributed by atoms with van der Waals surface area (Å²) in [6.07, 6.45) is 1.41. The first-order valence-corrected chi connectivity index (χ1v) is 12.1. The van der Waals surface area contributed by atoms with Crippen molar-refractivity contribution in [2.75, 3.05) is 19.1 Å². The number of carbonyl (C=O) groups is 3. The SMILES string of the molecule is COc1ccc(N2C(=O)NC(=O)/C(=C\c3cc(I)c(OCc4ccc(Cl)cc4)c(OC)c3)C2=O)cc1. The zero-order valence-corrected chi connectivity index (χ0v) is 22.1. The molecule has 1 saturated heterocycles. The number of rotatable bonds is 7. The number of hydrogen-bond donors (Lipinski definition) is 1. The fourth-order valence-corrected chi connectivity index (χ4v) is 4.40. The number of ether oxygens (including phenoxy) is 3. The van der Waals surface area contributed by atoms with E-state index in [1.54, 1.807) is 48.5 Å². The van der Waals surface area contributed by atoms with Crippen LogP contribution in [0.5, 0.6) is 17.2 Å². The summed E-state index contributed by atoms with van der Waals surface area (Å²) in [6.45, 7) is 0.295. The van der Waals surface area contributed by atoms with Gasteiger partial charge >= 0.3 is 6.03 Å². The van der Waals surface area contributed by atoms with Gasteiger partial charge in [0, 0.05) is 5.02 Å². The van der Waals surface area contributed by atoms with Crippen LogP contribution in [0.1, 0.15) is 11.1 Å². The van der Waals surface area contributed by atoms with E-state index >= 15 is 0 Å². The van der Waals surface area contributed by atoms with Crippen LogP contribution in [0, 0.1) is 3.57 Å². The lowest BCUT2D eigenvalue weighted by atomic mass is 10.1. The Bertz CT molecular complexity index is 1360. The standard InChI is InChI=1S/C26H20ClIN2O6/c1-34-19-9-7-18(8-10-19)30-25(32)20(24(31)29-26(30)33)11-16-12-21(28)23(22(13-16)35-2)36-14-15-3-5-17(27)6-4-15/h3-13H,14H2,1-2H3,(H,29,31,33)/b20-11+.